The van der Waals surface area contributed by atoms with Crippen molar-refractivity contribution >= 4 is 11.8 Å². The molecule has 9 heteroatoms. The topological polar surface area (TPSA) is 115 Å². The van der Waals surface area contributed by atoms with Gasteiger partial charge in [-0.05, 0) is 12.8 Å². The number of likely N-dealkylation sites (tertiary alicyclic amines) is 1. The first-order valence-corrected chi connectivity index (χ1v) is 6.34. The van der Waals surface area contributed by atoms with E-state index in [9.17, 15) is 14.9 Å². The molecule has 0 unspecified atom stereocenters. The Bertz CT molecular complexity index is 550. The highest BCUT2D eigenvalue weighted by Gasteiger charge is 2.29. The van der Waals surface area contributed by atoms with Crippen LogP contribution in [0.5, 0.6) is 11.8 Å². The molecule has 1 aliphatic rings. The lowest BCUT2D eigenvalue weighted by atomic mass is 10.2. The van der Waals surface area contributed by atoms with E-state index in [1.807, 2.05) is 0 Å². The Labute approximate surface area is 120 Å². The van der Waals surface area contributed by atoms with E-state index in [-0.39, 0.29) is 30.1 Å². The second kappa shape index (κ2) is 6.25. The molecule has 0 bridgehead atoms. The van der Waals surface area contributed by atoms with Crippen LogP contribution >= 0.6 is 0 Å². The van der Waals surface area contributed by atoms with Crippen molar-refractivity contribution in [3.05, 3.63) is 22.2 Å². The standard InChI is InChI=1S/C12H15N3O6/c1-20-11-9(15(18)19)4-5-10(13-11)21-7-8-3-2-6-14(8)12(16)17/h4-5,8H,2-3,6-7H2,1H3,(H,16,17)/t8-/m0/s1. The first kappa shape index (κ1) is 14.8. The molecule has 114 valence electrons. The Hall–Kier alpha value is -2.58. The molecular formula is C12H15N3O6. The van der Waals surface area contributed by atoms with Gasteiger partial charge in [0.1, 0.15) is 6.61 Å². The lowest BCUT2D eigenvalue weighted by Crippen LogP contribution is -2.38. The summed E-state index contributed by atoms with van der Waals surface area (Å²) in [5, 5.41) is 19.8. The summed E-state index contributed by atoms with van der Waals surface area (Å²) in [5.41, 5.74) is -0.252. The number of ether oxygens (including phenoxy) is 2. The van der Waals surface area contributed by atoms with E-state index >= 15 is 0 Å². The van der Waals surface area contributed by atoms with Gasteiger partial charge in [-0.15, -0.1) is 0 Å². The molecule has 1 atom stereocenters. The van der Waals surface area contributed by atoms with Crippen LogP contribution < -0.4 is 9.47 Å². The third-order valence-corrected chi connectivity index (χ3v) is 3.25. The molecule has 1 saturated heterocycles. The van der Waals surface area contributed by atoms with Crippen molar-refractivity contribution in [2.75, 3.05) is 20.3 Å². The fourth-order valence-electron chi connectivity index (χ4n) is 2.23. The number of hydrogen-bond acceptors (Lipinski definition) is 6. The zero-order valence-corrected chi connectivity index (χ0v) is 11.4. The van der Waals surface area contributed by atoms with E-state index < -0.39 is 11.0 Å². The van der Waals surface area contributed by atoms with Crippen LogP contribution in [-0.2, 0) is 0 Å². The van der Waals surface area contributed by atoms with Crippen molar-refractivity contribution in [2.45, 2.75) is 18.9 Å². The number of carboxylic acid groups (broad SMARTS) is 1. The molecule has 2 heterocycles. The minimum absolute atomic E-state index is 0.140. The number of pyridine rings is 1. The highest BCUT2D eigenvalue weighted by Crippen LogP contribution is 2.27. The van der Waals surface area contributed by atoms with Crippen molar-refractivity contribution in [3.8, 4) is 11.8 Å². The number of methoxy groups -OCH3 is 1. The molecule has 1 aliphatic heterocycles. The van der Waals surface area contributed by atoms with Crippen molar-refractivity contribution in [1.82, 2.24) is 9.88 Å². The highest BCUT2D eigenvalue weighted by atomic mass is 16.6. The molecule has 9 nitrogen and oxygen atoms in total. The summed E-state index contributed by atoms with van der Waals surface area (Å²) in [7, 11) is 1.28. The average molecular weight is 297 g/mol. The van der Waals surface area contributed by atoms with Crippen molar-refractivity contribution in [1.29, 1.82) is 0 Å². The predicted molar refractivity (Wildman–Crippen MR) is 70.7 cm³/mol. The van der Waals surface area contributed by atoms with Gasteiger partial charge in [0.25, 0.3) is 5.88 Å². The van der Waals surface area contributed by atoms with Crippen LogP contribution in [0.3, 0.4) is 0 Å². The van der Waals surface area contributed by atoms with E-state index in [1.54, 1.807) is 0 Å². The summed E-state index contributed by atoms with van der Waals surface area (Å²) in [6.45, 7) is 0.640. The summed E-state index contributed by atoms with van der Waals surface area (Å²) >= 11 is 0. The molecule has 0 radical (unpaired) electrons. The second-order valence-electron chi connectivity index (χ2n) is 4.52. The first-order valence-electron chi connectivity index (χ1n) is 6.34. The quantitative estimate of drug-likeness (QED) is 0.647. The maximum atomic E-state index is 11.0. The van der Waals surface area contributed by atoms with Gasteiger partial charge in [0, 0.05) is 18.7 Å². The van der Waals surface area contributed by atoms with Crippen LogP contribution in [0.1, 0.15) is 12.8 Å². The van der Waals surface area contributed by atoms with Gasteiger partial charge in [0.05, 0.1) is 18.1 Å². The summed E-state index contributed by atoms with van der Waals surface area (Å²) in [6, 6.07) is 2.37. The Morgan fingerprint density at radius 3 is 3.00 bits per heavy atom. The molecule has 1 aromatic rings. The largest absolute Gasteiger partial charge is 0.476 e. The van der Waals surface area contributed by atoms with E-state index in [2.05, 4.69) is 4.98 Å². The highest BCUT2D eigenvalue weighted by molar-refractivity contribution is 5.65. The second-order valence-corrected chi connectivity index (χ2v) is 4.52. The molecule has 0 aliphatic carbocycles. The van der Waals surface area contributed by atoms with Gasteiger partial charge >= 0.3 is 11.8 Å². The lowest BCUT2D eigenvalue weighted by Gasteiger charge is -2.21. The predicted octanol–water partition coefficient (Wildman–Crippen LogP) is 1.52. The molecule has 1 amide bonds. The Morgan fingerprint density at radius 1 is 1.62 bits per heavy atom. The summed E-state index contributed by atoms with van der Waals surface area (Å²) in [5.74, 6) is 0.0219. The van der Waals surface area contributed by atoms with Crippen molar-refractivity contribution in [2.24, 2.45) is 0 Å². The van der Waals surface area contributed by atoms with Crippen LogP contribution in [0.25, 0.3) is 0 Å². The number of hydrogen-bond donors (Lipinski definition) is 1. The number of nitrogens with zero attached hydrogens (tertiary/aromatic N) is 3. The van der Waals surface area contributed by atoms with E-state index in [4.69, 9.17) is 14.6 Å². The fourth-order valence-corrected chi connectivity index (χ4v) is 2.23. The van der Waals surface area contributed by atoms with Crippen LogP contribution in [0.4, 0.5) is 10.5 Å². The summed E-state index contributed by atoms with van der Waals surface area (Å²) in [4.78, 5) is 26.4. The average Bonchev–Trinajstić information content (AvgIpc) is 2.93. The van der Waals surface area contributed by atoms with Crippen molar-refractivity contribution in [3.63, 3.8) is 0 Å². The fraction of sp³-hybridized carbons (Fsp3) is 0.500. The van der Waals surface area contributed by atoms with Crippen LogP contribution in [0.15, 0.2) is 12.1 Å². The number of rotatable bonds is 5. The molecule has 2 rings (SSSR count). The Kier molecular flexibility index (Phi) is 4.41. The van der Waals surface area contributed by atoms with Gasteiger partial charge in [0.2, 0.25) is 5.88 Å². The Balaban J connectivity index is 2.03. The normalized spacial score (nSPS) is 17.6. The third kappa shape index (κ3) is 3.30. The maximum absolute atomic E-state index is 11.0. The molecule has 21 heavy (non-hydrogen) atoms. The minimum Gasteiger partial charge on any atom is -0.476 e. The van der Waals surface area contributed by atoms with Crippen molar-refractivity contribution < 1.29 is 24.3 Å². The summed E-state index contributed by atoms with van der Waals surface area (Å²) < 4.78 is 10.3. The van der Waals surface area contributed by atoms with Gasteiger partial charge in [0.15, 0.2) is 0 Å². The third-order valence-electron chi connectivity index (χ3n) is 3.25. The molecule has 0 spiro atoms. The number of amides is 1. The molecule has 1 fully saturated rings. The molecule has 1 N–H and O–H groups in total. The number of carbonyl (C=O) groups is 1. The van der Waals surface area contributed by atoms with Crippen LogP contribution in [-0.4, -0.2) is 52.3 Å². The van der Waals surface area contributed by atoms with Gasteiger partial charge < -0.3 is 19.5 Å². The zero-order chi connectivity index (χ0) is 15.4. The van der Waals surface area contributed by atoms with Gasteiger partial charge in [-0.1, -0.05) is 0 Å². The monoisotopic (exact) mass is 297 g/mol. The van der Waals surface area contributed by atoms with Crippen LogP contribution in [0, 0.1) is 10.1 Å². The van der Waals surface area contributed by atoms with E-state index in [0.29, 0.717) is 6.54 Å². The summed E-state index contributed by atoms with van der Waals surface area (Å²) in [6.07, 6.45) is 0.531. The zero-order valence-electron chi connectivity index (χ0n) is 11.4. The molecule has 0 saturated carbocycles. The van der Waals surface area contributed by atoms with Gasteiger partial charge in [-0.3, -0.25) is 10.1 Å². The van der Waals surface area contributed by atoms with E-state index in [1.165, 1.54) is 24.1 Å². The molecule has 0 aromatic carbocycles. The van der Waals surface area contributed by atoms with Gasteiger partial charge in [-0.2, -0.15) is 4.98 Å². The first-order chi connectivity index (χ1) is 10.0. The number of aromatic nitrogens is 1. The lowest BCUT2D eigenvalue weighted by molar-refractivity contribution is -0.386. The van der Waals surface area contributed by atoms with Gasteiger partial charge in [-0.25, -0.2) is 4.79 Å². The van der Waals surface area contributed by atoms with Crippen LogP contribution in [0.2, 0.25) is 0 Å². The Morgan fingerprint density at radius 2 is 2.38 bits per heavy atom. The molecular weight excluding hydrogens is 282 g/mol. The molecule has 1 aromatic heterocycles. The number of nitro groups is 1. The smallest absolute Gasteiger partial charge is 0.407 e. The SMILES string of the molecule is COc1nc(OC[C@@H]2CCCN2C(=O)O)ccc1[N+](=O)[O-]. The maximum Gasteiger partial charge on any atom is 0.407 e. The minimum atomic E-state index is -0.977. The van der Waals surface area contributed by atoms with E-state index in [0.717, 1.165) is 12.8 Å².